The van der Waals surface area contributed by atoms with E-state index in [9.17, 15) is 9.59 Å². The Morgan fingerprint density at radius 3 is 2.37 bits per heavy atom. The second-order valence-electron chi connectivity index (χ2n) is 7.90. The molecule has 1 aliphatic heterocycles. The normalized spacial score (nSPS) is 14.9. The van der Waals surface area contributed by atoms with Crippen LogP contribution in [0.2, 0.25) is 0 Å². The molecule has 0 unspecified atom stereocenters. The Morgan fingerprint density at radius 1 is 1.19 bits per heavy atom. The highest BCUT2D eigenvalue weighted by molar-refractivity contribution is 5.96. The highest BCUT2D eigenvalue weighted by Gasteiger charge is 2.26. The van der Waals surface area contributed by atoms with Crippen LogP contribution in [0.25, 0.3) is 0 Å². The van der Waals surface area contributed by atoms with Crippen molar-refractivity contribution >= 4 is 29.1 Å². The average Bonchev–Trinajstić information content (AvgIpc) is 2.60. The van der Waals surface area contributed by atoms with Crippen molar-refractivity contribution in [2.24, 2.45) is 0 Å². The van der Waals surface area contributed by atoms with E-state index in [0.29, 0.717) is 38.3 Å². The van der Waals surface area contributed by atoms with Crippen LogP contribution in [-0.4, -0.2) is 55.7 Å². The molecular weight excluding hydrogens is 344 g/mol. The molecule has 1 saturated heterocycles. The molecule has 2 N–H and O–H groups in total. The van der Waals surface area contributed by atoms with E-state index in [4.69, 9.17) is 10.5 Å². The number of hydrogen-bond acceptors (Lipinski definition) is 5. The molecule has 1 aliphatic rings. The van der Waals surface area contributed by atoms with Gasteiger partial charge in [-0.25, -0.2) is 4.79 Å². The summed E-state index contributed by atoms with van der Waals surface area (Å²) in [4.78, 5) is 30.0. The van der Waals surface area contributed by atoms with Gasteiger partial charge in [-0.15, -0.1) is 0 Å². The third-order valence-corrected chi connectivity index (χ3v) is 4.51. The van der Waals surface area contributed by atoms with Crippen molar-refractivity contribution in [3.63, 3.8) is 0 Å². The fourth-order valence-corrected chi connectivity index (χ4v) is 3.01. The topological polar surface area (TPSA) is 79.1 Å². The first-order chi connectivity index (χ1) is 12.6. The van der Waals surface area contributed by atoms with Gasteiger partial charge in [0.2, 0.25) is 5.91 Å². The van der Waals surface area contributed by atoms with Gasteiger partial charge in [0.05, 0.1) is 11.4 Å². The highest BCUT2D eigenvalue weighted by Crippen LogP contribution is 2.29. The number of anilines is 3. The summed E-state index contributed by atoms with van der Waals surface area (Å²) < 4.78 is 5.44. The van der Waals surface area contributed by atoms with E-state index < -0.39 is 5.60 Å². The molecule has 2 amide bonds. The van der Waals surface area contributed by atoms with E-state index in [1.165, 1.54) is 0 Å². The Hall–Kier alpha value is -2.44. The minimum absolute atomic E-state index is 0.0519. The molecular formula is C20H32N4O3. The van der Waals surface area contributed by atoms with Crippen molar-refractivity contribution < 1.29 is 14.3 Å². The zero-order valence-corrected chi connectivity index (χ0v) is 17.1. The molecule has 0 bridgehead atoms. The lowest BCUT2D eigenvalue weighted by atomic mass is 10.1. The molecule has 0 spiro atoms. The number of nitrogens with zero attached hydrogens (tertiary/aromatic N) is 3. The molecule has 2 rings (SSSR count). The van der Waals surface area contributed by atoms with Gasteiger partial charge in [-0.3, -0.25) is 4.79 Å². The largest absolute Gasteiger partial charge is 0.444 e. The van der Waals surface area contributed by atoms with E-state index in [-0.39, 0.29) is 12.0 Å². The van der Waals surface area contributed by atoms with Crippen LogP contribution in [-0.2, 0) is 9.53 Å². The smallest absolute Gasteiger partial charge is 0.410 e. The van der Waals surface area contributed by atoms with Gasteiger partial charge in [0.1, 0.15) is 5.60 Å². The Morgan fingerprint density at radius 2 is 1.81 bits per heavy atom. The number of rotatable bonds is 4. The molecule has 7 nitrogen and oxygen atoms in total. The first kappa shape index (κ1) is 20.9. The van der Waals surface area contributed by atoms with Gasteiger partial charge in [0, 0.05) is 45.3 Å². The summed E-state index contributed by atoms with van der Waals surface area (Å²) in [5.74, 6) is 0.0519. The predicted molar refractivity (Wildman–Crippen MR) is 109 cm³/mol. The molecule has 0 saturated carbocycles. The van der Waals surface area contributed by atoms with Gasteiger partial charge in [-0.1, -0.05) is 6.92 Å². The van der Waals surface area contributed by atoms with E-state index in [0.717, 1.165) is 17.8 Å². The monoisotopic (exact) mass is 376 g/mol. The van der Waals surface area contributed by atoms with E-state index in [2.05, 4.69) is 4.90 Å². The number of nitrogen functional groups attached to an aromatic ring is 1. The first-order valence-corrected chi connectivity index (χ1v) is 9.51. The van der Waals surface area contributed by atoms with Crippen LogP contribution in [0.15, 0.2) is 18.2 Å². The molecule has 1 heterocycles. The van der Waals surface area contributed by atoms with E-state index in [1.807, 2.05) is 45.9 Å². The Kier molecular flexibility index (Phi) is 6.57. The number of piperazine rings is 1. The van der Waals surface area contributed by atoms with Gasteiger partial charge in [-0.2, -0.15) is 0 Å². The SMILES string of the molecule is CCCC(=O)N(C)c1cc(N2CCN(C(=O)OC(C)(C)C)CC2)ccc1N. The van der Waals surface area contributed by atoms with Crippen LogP contribution in [0.5, 0.6) is 0 Å². The summed E-state index contributed by atoms with van der Waals surface area (Å²) in [5, 5.41) is 0. The van der Waals surface area contributed by atoms with Gasteiger partial charge in [-0.05, 0) is 45.4 Å². The lowest BCUT2D eigenvalue weighted by molar-refractivity contribution is -0.118. The number of ether oxygens (including phenoxy) is 1. The van der Waals surface area contributed by atoms with Crippen molar-refractivity contribution in [1.29, 1.82) is 0 Å². The number of carbonyl (C=O) groups is 2. The minimum atomic E-state index is -0.490. The van der Waals surface area contributed by atoms with Gasteiger partial charge < -0.3 is 25.2 Å². The van der Waals surface area contributed by atoms with Crippen LogP contribution in [0.4, 0.5) is 21.9 Å². The molecule has 0 aliphatic carbocycles. The Bertz CT molecular complexity index is 676. The second-order valence-corrected chi connectivity index (χ2v) is 7.90. The fourth-order valence-electron chi connectivity index (χ4n) is 3.01. The zero-order valence-electron chi connectivity index (χ0n) is 17.1. The van der Waals surface area contributed by atoms with Crippen LogP contribution in [0, 0.1) is 0 Å². The van der Waals surface area contributed by atoms with Crippen LogP contribution in [0.3, 0.4) is 0 Å². The Balaban J connectivity index is 2.05. The Labute approximate surface area is 162 Å². The molecule has 1 aromatic rings. The van der Waals surface area contributed by atoms with Gasteiger partial charge >= 0.3 is 6.09 Å². The van der Waals surface area contributed by atoms with Crippen molar-refractivity contribution in [3.8, 4) is 0 Å². The molecule has 0 atom stereocenters. The molecule has 0 radical (unpaired) electrons. The molecule has 1 fully saturated rings. The summed E-state index contributed by atoms with van der Waals surface area (Å²) in [6.45, 7) is 10.2. The standard InChI is InChI=1S/C20H32N4O3/c1-6-7-18(25)22(5)17-14-15(8-9-16(17)21)23-10-12-24(13-11-23)19(26)27-20(2,3)4/h8-9,14H,6-7,10-13,21H2,1-5H3. The van der Waals surface area contributed by atoms with Crippen molar-refractivity contribution in [3.05, 3.63) is 18.2 Å². The zero-order chi connectivity index (χ0) is 20.2. The molecule has 150 valence electrons. The van der Waals surface area contributed by atoms with E-state index >= 15 is 0 Å². The summed E-state index contributed by atoms with van der Waals surface area (Å²) in [7, 11) is 1.76. The summed E-state index contributed by atoms with van der Waals surface area (Å²) in [6.07, 6.45) is 1.02. The van der Waals surface area contributed by atoms with Gasteiger partial charge in [0.25, 0.3) is 0 Å². The lowest BCUT2D eigenvalue weighted by Gasteiger charge is -2.37. The van der Waals surface area contributed by atoms with Crippen molar-refractivity contribution in [2.75, 3.05) is 48.8 Å². The molecule has 7 heteroatoms. The maximum Gasteiger partial charge on any atom is 0.410 e. The van der Waals surface area contributed by atoms with Crippen LogP contribution < -0.4 is 15.5 Å². The quantitative estimate of drug-likeness (QED) is 0.817. The molecule has 27 heavy (non-hydrogen) atoms. The predicted octanol–water partition coefficient (Wildman–Crippen LogP) is 3.09. The summed E-state index contributed by atoms with van der Waals surface area (Å²) >= 11 is 0. The van der Waals surface area contributed by atoms with Crippen LogP contribution >= 0.6 is 0 Å². The number of nitrogens with two attached hydrogens (primary N) is 1. The lowest BCUT2D eigenvalue weighted by Crippen LogP contribution is -2.50. The van der Waals surface area contributed by atoms with Gasteiger partial charge in [0.15, 0.2) is 0 Å². The van der Waals surface area contributed by atoms with Crippen LogP contribution in [0.1, 0.15) is 40.5 Å². The number of amides is 2. The number of carbonyl (C=O) groups excluding carboxylic acids is 2. The third-order valence-electron chi connectivity index (χ3n) is 4.51. The second kappa shape index (κ2) is 8.50. The maximum absolute atomic E-state index is 12.2. The molecule has 1 aromatic carbocycles. The molecule has 0 aromatic heterocycles. The highest BCUT2D eigenvalue weighted by atomic mass is 16.6. The first-order valence-electron chi connectivity index (χ1n) is 9.51. The fraction of sp³-hybridized carbons (Fsp3) is 0.600. The summed E-state index contributed by atoms with van der Waals surface area (Å²) in [5.41, 5.74) is 7.91. The minimum Gasteiger partial charge on any atom is -0.444 e. The van der Waals surface area contributed by atoms with Crippen molar-refractivity contribution in [1.82, 2.24) is 4.90 Å². The number of benzene rings is 1. The third kappa shape index (κ3) is 5.52. The van der Waals surface area contributed by atoms with E-state index in [1.54, 1.807) is 16.8 Å². The van der Waals surface area contributed by atoms with Crippen molar-refractivity contribution in [2.45, 2.75) is 46.1 Å². The number of hydrogen-bond donors (Lipinski definition) is 1. The average molecular weight is 377 g/mol. The maximum atomic E-state index is 12.2. The summed E-state index contributed by atoms with van der Waals surface area (Å²) in [6, 6.07) is 5.74.